The Morgan fingerprint density at radius 3 is 2.70 bits per heavy atom. The van der Waals surface area contributed by atoms with Gasteiger partial charge in [0.25, 0.3) is 0 Å². The summed E-state index contributed by atoms with van der Waals surface area (Å²) in [6, 6.07) is 0.240. The highest BCUT2D eigenvalue weighted by Gasteiger charge is 2.25. The fourth-order valence-corrected chi connectivity index (χ4v) is 2.87. The SMILES string of the molecule is Cl.NCC1CCCCN1C(=O)CCOC1CCOCC1. The molecule has 2 heterocycles. The number of amides is 1. The lowest BCUT2D eigenvalue weighted by molar-refractivity contribution is -0.136. The van der Waals surface area contributed by atoms with Crippen LogP contribution in [0.2, 0.25) is 0 Å². The number of carbonyl (C=O) groups excluding carboxylic acids is 1. The third kappa shape index (κ3) is 5.20. The maximum atomic E-state index is 12.2. The zero-order chi connectivity index (χ0) is 13.5. The minimum Gasteiger partial charge on any atom is -0.381 e. The second kappa shape index (κ2) is 9.55. The Hall–Kier alpha value is -0.360. The highest BCUT2D eigenvalue weighted by atomic mass is 35.5. The maximum Gasteiger partial charge on any atom is 0.225 e. The molecule has 2 aliphatic heterocycles. The second-order valence-corrected chi connectivity index (χ2v) is 5.40. The lowest BCUT2D eigenvalue weighted by Crippen LogP contribution is -2.47. The van der Waals surface area contributed by atoms with E-state index in [-0.39, 0.29) is 30.5 Å². The molecule has 6 heteroatoms. The number of rotatable bonds is 5. The van der Waals surface area contributed by atoms with Gasteiger partial charge in [-0.3, -0.25) is 4.79 Å². The molecule has 2 aliphatic rings. The predicted octanol–water partition coefficient (Wildman–Crippen LogP) is 1.33. The average Bonchev–Trinajstić information content (AvgIpc) is 2.48. The first-order chi connectivity index (χ1) is 9.31. The van der Waals surface area contributed by atoms with E-state index >= 15 is 0 Å². The molecular weight excluding hydrogens is 280 g/mol. The van der Waals surface area contributed by atoms with E-state index < -0.39 is 0 Å². The quantitative estimate of drug-likeness (QED) is 0.832. The van der Waals surface area contributed by atoms with Gasteiger partial charge in [0.15, 0.2) is 0 Å². The van der Waals surface area contributed by atoms with Crippen LogP contribution in [0.3, 0.4) is 0 Å². The molecule has 2 saturated heterocycles. The lowest BCUT2D eigenvalue weighted by Gasteiger charge is -2.35. The molecule has 5 nitrogen and oxygen atoms in total. The van der Waals surface area contributed by atoms with E-state index in [0.29, 0.717) is 19.6 Å². The summed E-state index contributed by atoms with van der Waals surface area (Å²) in [6.45, 7) is 3.52. The number of hydrogen-bond donors (Lipinski definition) is 1. The molecule has 0 aromatic rings. The van der Waals surface area contributed by atoms with Crippen molar-refractivity contribution in [1.82, 2.24) is 4.90 Å². The van der Waals surface area contributed by atoms with E-state index in [1.807, 2.05) is 4.90 Å². The van der Waals surface area contributed by atoms with Crippen LogP contribution < -0.4 is 5.73 Å². The molecule has 2 rings (SSSR count). The maximum absolute atomic E-state index is 12.2. The Labute approximate surface area is 127 Å². The smallest absolute Gasteiger partial charge is 0.225 e. The van der Waals surface area contributed by atoms with Gasteiger partial charge in [0.05, 0.1) is 19.1 Å². The number of nitrogens with two attached hydrogens (primary N) is 1. The molecule has 0 saturated carbocycles. The van der Waals surface area contributed by atoms with Gasteiger partial charge in [0.2, 0.25) is 5.91 Å². The Balaban J connectivity index is 0.00000200. The zero-order valence-electron chi connectivity index (χ0n) is 12.1. The Morgan fingerprint density at radius 1 is 1.25 bits per heavy atom. The Bertz CT molecular complexity index is 286. The summed E-state index contributed by atoms with van der Waals surface area (Å²) in [4.78, 5) is 14.1. The molecule has 1 atom stereocenters. The van der Waals surface area contributed by atoms with Gasteiger partial charge in [-0.1, -0.05) is 0 Å². The van der Waals surface area contributed by atoms with Gasteiger partial charge in [-0.05, 0) is 32.1 Å². The number of carbonyl (C=O) groups is 1. The summed E-state index contributed by atoms with van der Waals surface area (Å²) in [7, 11) is 0. The number of halogens is 1. The van der Waals surface area contributed by atoms with Crippen molar-refractivity contribution in [2.75, 3.05) is 32.9 Å². The van der Waals surface area contributed by atoms with Crippen LogP contribution in [0.25, 0.3) is 0 Å². The molecule has 1 unspecified atom stereocenters. The average molecular weight is 307 g/mol. The Kier molecular flexibility index (Phi) is 8.45. The summed E-state index contributed by atoms with van der Waals surface area (Å²) in [5, 5.41) is 0. The number of nitrogens with zero attached hydrogens (tertiary/aromatic N) is 1. The van der Waals surface area contributed by atoms with Gasteiger partial charge in [-0.2, -0.15) is 0 Å². The van der Waals surface area contributed by atoms with Crippen LogP contribution in [-0.2, 0) is 14.3 Å². The molecule has 0 bridgehead atoms. The van der Waals surface area contributed by atoms with Gasteiger partial charge in [-0.15, -0.1) is 12.4 Å². The number of ether oxygens (including phenoxy) is 2. The molecule has 0 spiro atoms. The van der Waals surface area contributed by atoms with Gasteiger partial charge >= 0.3 is 0 Å². The number of likely N-dealkylation sites (tertiary alicyclic amines) is 1. The molecule has 0 aromatic heterocycles. The normalized spacial score (nSPS) is 24.2. The first kappa shape index (κ1) is 17.7. The van der Waals surface area contributed by atoms with E-state index in [0.717, 1.165) is 45.4 Å². The fraction of sp³-hybridized carbons (Fsp3) is 0.929. The van der Waals surface area contributed by atoms with E-state index in [1.54, 1.807) is 0 Å². The van der Waals surface area contributed by atoms with Crippen molar-refractivity contribution >= 4 is 18.3 Å². The van der Waals surface area contributed by atoms with E-state index in [2.05, 4.69) is 0 Å². The van der Waals surface area contributed by atoms with Crippen LogP contribution in [0, 0.1) is 0 Å². The van der Waals surface area contributed by atoms with Crippen LogP contribution >= 0.6 is 12.4 Å². The van der Waals surface area contributed by atoms with Crippen molar-refractivity contribution in [3.05, 3.63) is 0 Å². The van der Waals surface area contributed by atoms with E-state index in [1.165, 1.54) is 6.42 Å². The topological polar surface area (TPSA) is 64.8 Å². The van der Waals surface area contributed by atoms with Crippen LogP contribution in [0.1, 0.15) is 38.5 Å². The van der Waals surface area contributed by atoms with Gasteiger partial charge in [0.1, 0.15) is 0 Å². The van der Waals surface area contributed by atoms with Crippen molar-refractivity contribution < 1.29 is 14.3 Å². The van der Waals surface area contributed by atoms with E-state index in [9.17, 15) is 4.79 Å². The molecule has 0 aromatic carbocycles. The zero-order valence-corrected chi connectivity index (χ0v) is 12.9. The van der Waals surface area contributed by atoms with Gasteiger partial charge in [-0.25, -0.2) is 0 Å². The van der Waals surface area contributed by atoms with Crippen molar-refractivity contribution in [2.45, 2.75) is 50.7 Å². The molecule has 2 N–H and O–H groups in total. The summed E-state index contributed by atoms with van der Waals surface area (Å²) in [5.74, 6) is 0.196. The molecule has 118 valence electrons. The van der Waals surface area contributed by atoms with Crippen molar-refractivity contribution in [3.63, 3.8) is 0 Å². The third-order valence-corrected chi connectivity index (χ3v) is 4.06. The number of hydrogen-bond acceptors (Lipinski definition) is 4. The minimum absolute atomic E-state index is 0. The lowest BCUT2D eigenvalue weighted by atomic mass is 10.0. The third-order valence-electron chi connectivity index (χ3n) is 4.06. The molecule has 0 radical (unpaired) electrons. The van der Waals surface area contributed by atoms with Crippen LogP contribution in [-0.4, -0.2) is 55.9 Å². The van der Waals surface area contributed by atoms with Gasteiger partial charge in [0, 0.05) is 32.3 Å². The predicted molar refractivity (Wildman–Crippen MR) is 80.1 cm³/mol. The minimum atomic E-state index is 0. The highest BCUT2D eigenvalue weighted by Crippen LogP contribution is 2.17. The molecule has 20 heavy (non-hydrogen) atoms. The molecule has 1 amide bonds. The summed E-state index contributed by atoms with van der Waals surface area (Å²) < 4.78 is 11.0. The van der Waals surface area contributed by atoms with Gasteiger partial charge < -0.3 is 20.1 Å². The summed E-state index contributed by atoms with van der Waals surface area (Å²) in [6.07, 6.45) is 5.98. The fourth-order valence-electron chi connectivity index (χ4n) is 2.87. The molecular formula is C14H27ClN2O3. The Morgan fingerprint density at radius 2 is 2.00 bits per heavy atom. The van der Waals surface area contributed by atoms with Crippen molar-refractivity contribution in [1.29, 1.82) is 0 Å². The first-order valence-corrected chi connectivity index (χ1v) is 7.50. The second-order valence-electron chi connectivity index (χ2n) is 5.40. The van der Waals surface area contributed by atoms with Crippen LogP contribution in [0.5, 0.6) is 0 Å². The monoisotopic (exact) mass is 306 g/mol. The van der Waals surface area contributed by atoms with Crippen LogP contribution in [0.4, 0.5) is 0 Å². The van der Waals surface area contributed by atoms with Crippen LogP contribution in [0.15, 0.2) is 0 Å². The highest BCUT2D eigenvalue weighted by molar-refractivity contribution is 5.85. The molecule has 2 fully saturated rings. The van der Waals surface area contributed by atoms with Crippen molar-refractivity contribution in [3.8, 4) is 0 Å². The standard InChI is InChI=1S/C14H26N2O3.ClH/c15-11-12-3-1-2-7-16(12)14(17)6-10-19-13-4-8-18-9-5-13;/h12-13H,1-11,15H2;1H. The summed E-state index contributed by atoms with van der Waals surface area (Å²) >= 11 is 0. The molecule has 0 aliphatic carbocycles. The largest absolute Gasteiger partial charge is 0.381 e. The summed E-state index contributed by atoms with van der Waals surface area (Å²) in [5.41, 5.74) is 5.74. The van der Waals surface area contributed by atoms with Crippen molar-refractivity contribution in [2.24, 2.45) is 5.73 Å². The van der Waals surface area contributed by atoms with E-state index in [4.69, 9.17) is 15.2 Å². The first-order valence-electron chi connectivity index (χ1n) is 7.50. The number of piperidine rings is 1.